The number of nitrogens with two attached hydrogens (primary N) is 2. The summed E-state index contributed by atoms with van der Waals surface area (Å²) < 4.78 is 5.44. The van der Waals surface area contributed by atoms with Gasteiger partial charge in [0.2, 0.25) is 0 Å². The highest BCUT2D eigenvalue weighted by Crippen LogP contribution is 2.20. The Balaban J connectivity index is 2.70. The van der Waals surface area contributed by atoms with Gasteiger partial charge in [-0.1, -0.05) is 19.1 Å². The van der Waals surface area contributed by atoms with Crippen LogP contribution in [0.4, 0.5) is 5.69 Å². The lowest BCUT2D eigenvalue weighted by atomic mass is 10.1. The van der Waals surface area contributed by atoms with E-state index < -0.39 is 0 Å². The van der Waals surface area contributed by atoms with Gasteiger partial charge in [0.25, 0.3) is 0 Å². The standard InChI is InChI=1S/C14H22N2O/c1-3-12(15)7-5-6-11-8-13(16)10-14(9-11)17-4-2/h5-6,8-10,12H,3-4,7,15-16H2,1-2H3/b6-5+. The summed E-state index contributed by atoms with van der Waals surface area (Å²) in [5.74, 6) is 0.812. The third-order valence-corrected chi connectivity index (χ3v) is 2.54. The van der Waals surface area contributed by atoms with Crippen molar-refractivity contribution in [3.63, 3.8) is 0 Å². The number of nitrogen functional groups attached to an aromatic ring is 1. The minimum atomic E-state index is 0.235. The molecule has 1 rings (SSSR count). The van der Waals surface area contributed by atoms with Crippen molar-refractivity contribution >= 4 is 11.8 Å². The van der Waals surface area contributed by atoms with Crippen LogP contribution in [0.25, 0.3) is 6.08 Å². The van der Waals surface area contributed by atoms with E-state index >= 15 is 0 Å². The first-order chi connectivity index (χ1) is 8.15. The van der Waals surface area contributed by atoms with Gasteiger partial charge in [0.1, 0.15) is 5.75 Å². The Kier molecular flexibility index (Phi) is 5.57. The first-order valence-electron chi connectivity index (χ1n) is 6.11. The molecular weight excluding hydrogens is 212 g/mol. The topological polar surface area (TPSA) is 61.3 Å². The molecule has 1 aromatic rings. The molecule has 0 aliphatic rings. The van der Waals surface area contributed by atoms with E-state index in [0.29, 0.717) is 6.61 Å². The average Bonchev–Trinajstić information content (AvgIpc) is 2.28. The van der Waals surface area contributed by atoms with Crippen LogP contribution in [0, 0.1) is 0 Å². The molecule has 0 fully saturated rings. The molecule has 0 aliphatic heterocycles. The number of hydrogen-bond acceptors (Lipinski definition) is 3. The molecule has 1 atom stereocenters. The second-order valence-corrected chi connectivity index (χ2v) is 4.07. The third kappa shape index (κ3) is 4.91. The summed E-state index contributed by atoms with van der Waals surface area (Å²) in [4.78, 5) is 0. The molecular formula is C14H22N2O. The Morgan fingerprint density at radius 2 is 2.06 bits per heavy atom. The molecule has 17 heavy (non-hydrogen) atoms. The van der Waals surface area contributed by atoms with Crippen LogP contribution < -0.4 is 16.2 Å². The first-order valence-corrected chi connectivity index (χ1v) is 6.11. The zero-order chi connectivity index (χ0) is 12.7. The van der Waals surface area contributed by atoms with Crippen molar-refractivity contribution in [2.45, 2.75) is 32.7 Å². The van der Waals surface area contributed by atoms with Gasteiger partial charge in [-0.3, -0.25) is 0 Å². The lowest BCUT2D eigenvalue weighted by molar-refractivity contribution is 0.340. The zero-order valence-corrected chi connectivity index (χ0v) is 10.6. The lowest BCUT2D eigenvalue weighted by Gasteiger charge is -2.06. The SMILES string of the molecule is CCOc1cc(N)cc(/C=C/CC(N)CC)c1. The highest BCUT2D eigenvalue weighted by atomic mass is 16.5. The maximum Gasteiger partial charge on any atom is 0.121 e. The number of rotatable bonds is 6. The summed E-state index contributed by atoms with van der Waals surface area (Å²) in [6.07, 6.45) is 5.99. The second-order valence-electron chi connectivity index (χ2n) is 4.07. The summed E-state index contributed by atoms with van der Waals surface area (Å²) in [6, 6.07) is 5.97. The van der Waals surface area contributed by atoms with Gasteiger partial charge in [-0.2, -0.15) is 0 Å². The predicted molar refractivity (Wildman–Crippen MR) is 73.9 cm³/mol. The summed E-state index contributed by atoms with van der Waals surface area (Å²) in [6.45, 7) is 4.69. The predicted octanol–water partition coefficient (Wildman–Crippen LogP) is 2.81. The minimum Gasteiger partial charge on any atom is -0.494 e. The van der Waals surface area contributed by atoms with Crippen molar-refractivity contribution in [1.82, 2.24) is 0 Å². The largest absolute Gasteiger partial charge is 0.494 e. The molecule has 0 saturated heterocycles. The number of benzene rings is 1. The molecule has 3 nitrogen and oxygen atoms in total. The Morgan fingerprint density at radius 3 is 2.71 bits per heavy atom. The van der Waals surface area contributed by atoms with Crippen molar-refractivity contribution in [1.29, 1.82) is 0 Å². The van der Waals surface area contributed by atoms with E-state index in [4.69, 9.17) is 16.2 Å². The zero-order valence-electron chi connectivity index (χ0n) is 10.6. The van der Waals surface area contributed by atoms with Crippen LogP contribution in [-0.4, -0.2) is 12.6 Å². The van der Waals surface area contributed by atoms with E-state index in [2.05, 4.69) is 13.0 Å². The Bertz CT molecular complexity index is 374. The van der Waals surface area contributed by atoms with E-state index in [1.165, 1.54) is 0 Å². The second kappa shape index (κ2) is 6.97. The number of ether oxygens (including phenoxy) is 1. The van der Waals surface area contributed by atoms with Gasteiger partial charge in [0, 0.05) is 17.8 Å². The molecule has 1 aromatic carbocycles. The molecule has 0 saturated carbocycles. The van der Waals surface area contributed by atoms with Gasteiger partial charge >= 0.3 is 0 Å². The summed E-state index contributed by atoms with van der Waals surface area (Å²) in [7, 11) is 0. The molecule has 1 unspecified atom stereocenters. The summed E-state index contributed by atoms with van der Waals surface area (Å²) in [5, 5.41) is 0. The highest BCUT2D eigenvalue weighted by Gasteiger charge is 1.98. The van der Waals surface area contributed by atoms with Gasteiger partial charge < -0.3 is 16.2 Å². The van der Waals surface area contributed by atoms with Crippen molar-refractivity contribution in [2.24, 2.45) is 5.73 Å². The van der Waals surface area contributed by atoms with Crippen molar-refractivity contribution in [3.05, 3.63) is 29.8 Å². The number of anilines is 1. The fourth-order valence-corrected chi connectivity index (χ4v) is 1.54. The van der Waals surface area contributed by atoms with Crippen molar-refractivity contribution in [2.75, 3.05) is 12.3 Å². The van der Waals surface area contributed by atoms with Crippen LogP contribution in [0.2, 0.25) is 0 Å². The van der Waals surface area contributed by atoms with Crippen LogP contribution in [0.1, 0.15) is 32.3 Å². The molecule has 0 spiro atoms. The minimum absolute atomic E-state index is 0.235. The van der Waals surface area contributed by atoms with E-state index in [9.17, 15) is 0 Å². The van der Waals surface area contributed by atoms with Gasteiger partial charge in [-0.15, -0.1) is 0 Å². The van der Waals surface area contributed by atoms with Gasteiger partial charge in [0.05, 0.1) is 6.61 Å². The van der Waals surface area contributed by atoms with Gasteiger partial charge in [-0.25, -0.2) is 0 Å². The van der Waals surface area contributed by atoms with E-state index in [1.54, 1.807) is 0 Å². The average molecular weight is 234 g/mol. The molecule has 94 valence electrons. The lowest BCUT2D eigenvalue weighted by Crippen LogP contribution is -2.16. The van der Waals surface area contributed by atoms with Crippen molar-refractivity contribution < 1.29 is 4.74 Å². The fourth-order valence-electron chi connectivity index (χ4n) is 1.54. The molecule has 3 heteroatoms. The highest BCUT2D eigenvalue weighted by molar-refractivity contribution is 5.59. The maximum atomic E-state index is 5.84. The van der Waals surface area contributed by atoms with Crippen LogP contribution in [0.15, 0.2) is 24.3 Å². The van der Waals surface area contributed by atoms with Crippen LogP contribution in [0.3, 0.4) is 0 Å². The van der Waals surface area contributed by atoms with Crippen LogP contribution in [-0.2, 0) is 0 Å². The molecule has 0 amide bonds. The summed E-state index contributed by atoms with van der Waals surface area (Å²) in [5.41, 5.74) is 13.4. The molecule has 0 aromatic heterocycles. The molecule has 4 N–H and O–H groups in total. The quantitative estimate of drug-likeness (QED) is 0.744. The van der Waals surface area contributed by atoms with Crippen LogP contribution >= 0.6 is 0 Å². The first kappa shape index (κ1) is 13.6. The van der Waals surface area contributed by atoms with Gasteiger partial charge in [-0.05, 0) is 37.5 Å². The van der Waals surface area contributed by atoms with Crippen LogP contribution in [0.5, 0.6) is 5.75 Å². The Labute approximate surface area is 103 Å². The number of hydrogen-bond donors (Lipinski definition) is 2. The monoisotopic (exact) mass is 234 g/mol. The Morgan fingerprint density at radius 1 is 1.29 bits per heavy atom. The maximum absolute atomic E-state index is 5.84. The van der Waals surface area contributed by atoms with E-state index in [-0.39, 0.29) is 6.04 Å². The molecule has 0 bridgehead atoms. The third-order valence-electron chi connectivity index (χ3n) is 2.54. The normalized spacial score (nSPS) is 12.9. The molecule has 0 radical (unpaired) electrons. The molecule has 0 heterocycles. The van der Waals surface area contributed by atoms with Crippen molar-refractivity contribution in [3.8, 4) is 5.75 Å². The smallest absolute Gasteiger partial charge is 0.121 e. The van der Waals surface area contributed by atoms with Gasteiger partial charge in [0.15, 0.2) is 0 Å². The Hall–Kier alpha value is -1.48. The molecule has 0 aliphatic carbocycles. The summed E-state index contributed by atoms with van der Waals surface area (Å²) >= 11 is 0. The van der Waals surface area contributed by atoms with E-state index in [0.717, 1.165) is 29.8 Å². The van der Waals surface area contributed by atoms with E-state index in [1.807, 2.05) is 31.2 Å². The fraction of sp³-hybridized carbons (Fsp3) is 0.429.